The van der Waals surface area contributed by atoms with Crippen molar-refractivity contribution in [3.8, 4) is 5.69 Å². The molecule has 3 aromatic rings. The molecule has 2 N–H and O–H groups in total. The molecule has 0 unspecified atom stereocenters. The molecule has 0 radical (unpaired) electrons. The number of hydrogen-bond donors (Lipinski definition) is 1. The third-order valence-electron chi connectivity index (χ3n) is 3.68. The zero-order chi connectivity index (χ0) is 17.1. The maximum absolute atomic E-state index is 13.0. The van der Waals surface area contributed by atoms with Gasteiger partial charge in [0.05, 0.1) is 16.6 Å². The number of fused-ring (bicyclic) bond motifs is 1. The van der Waals surface area contributed by atoms with Crippen LogP contribution < -0.4 is 11.3 Å². The van der Waals surface area contributed by atoms with Gasteiger partial charge < -0.3 is 5.73 Å². The first-order valence-electron chi connectivity index (χ1n) is 7.57. The molecule has 2 aromatic carbocycles. The van der Waals surface area contributed by atoms with Crippen molar-refractivity contribution in [3.05, 3.63) is 64.4 Å². The summed E-state index contributed by atoms with van der Waals surface area (Å²) in [6.45, 7) is 1.95. The molecule has 0 aliphatic carbocycles. The number of para-hydroxylation sites is 2. The molecule has 0 aliphatic rings. The molecule has 0 atom stereocenters. The fourth-order valence-corrected chi connectivity index (χ4v) is 3.44. The predicted octanol–water partition coefficient (Wildman–Crippen LogP) is 2.66. The molecule has 1 heterocycles. The van der Waals surface area contributed by atoms with Crippen LogP contribution in [-0.2, 0) is 4.79 Å². The number of carbonyl (C=O) groups excluding carboxylic acids is 1. The smallest absolute Gasteiger partial charge is 0.266 e. The fourth-order valence-electron chi connectivity index (χ4n) is 2.48. The third kappa shape index (κ3) is 3.19. The van der Waals surface area contributed by atoms with Crippen LogP contribution in [0.3, 0.4) is 0 Å². The number of nitrogens with two attached hydrogens (primary N) is 1. The summed E-state index contributed by atoms with van der Waals surface area (Å²) in [5.41, 5.74) is 7.52. The molecule has 5 nitrogen and oxygen atoms in total. The molecule has 0 fully saturated rings. The van der Waals surface area contributed by atoms with Gasteiger partial charge in [-0.15, -0.1) is 0 Å². The number of aryl methyl sites for hydroxylation is 1. The number of hydrogen-bond acceptors (Lipinski definition) is 4. The Morgan fingerprint density at radius 3 is 2.62 bits per heavy atom. The van der Waals surface area contributed by atoms with E-state index >= 15 is 0 Å². The standard InChI is InChI=1S/C18H17N3O2S/c1-12-6-2-5-9-15(12)21-17(23)13-7-3-4-8-14(13)20-18(21)24-11-10-16(19)22/h2-9H,10-11H2,1H3,(H2,19,22). The first kappa shape index (κ1) is 16.3. The van der Waals surface area contributed by atoms with Crippen LogP contribution >= 0.6 is 11.8 Å². The lowest BCUT2D eigenvalue weighted by Gasteiger charge is -2.14. The summed E-state index contributed by atoms with van der Waals surface area (Å²) >= 11 is 1.36. The Kier molecular flexibility index (Phi) is 4.66. The van der Waals surface area contributed by atoms with Crippen LogP contribution in [-0.4, -0.2) is 21.2 Å². The van der Waals surface area contributed by atoms with E-state index in [0.29, 0.717) is 21.8 Å². The lowest BCUT2D eigenvalue weighted by Crippen LogP contribution is -2.22. The Labute approximate surface area is 143 Å². The van der Waals surface area contributed by atoms with Crippen molar-refractivity contribution >= 4 is 28.6 Å². The van der Waals surface area contributed by atoms with Crippen LogP contribution in [0.2, 0.25) is 0 Å². The summed E-state index contributed by atoms with van der Waals surface area (Å²) in [6.07, 6.45) is 0.237. The van der Waals surface area contributed by atoms with Crippen LogP contribution in [0.4, 0.5) is 0 Å². The summed E-state index contributed by atoms with van der Waals surface area (Å²) in [5, 5.41) is 1.13. The average Bonchev–Trinajstić information content (AvgIpc) is 2.56. The lowest BCUT2D eigenvalue weighted by atomic mass is 10.2. The highest BCUT2D eigenvalue weighted by atomic mass is 32.2. The van der Waals surface area contributed by atoms with E-state index in [1.807, 2.05) is 49.4 Å². The molecule has 122 valence electrons. The van der Waals surface area contributed by atoms with Gasteiger partial charge in [-0.1, -0.05) is 42.1 Å². The Hall–Kier alpha value is -2.60. The number of benzene rings is 2. The highest BCUT2D eigenvalue weighted by Crippen LogP contribution is 2.23. The van der Waals surface area contributed by atoms with Gasteiger partial charge in [0.1, 0.15) is 0 Å². The second-order valence-corrected chi connectivity index (χ2v) is 6.47. The van der Waals surface area contributed by atoms with Gasteiger partial charge in [0, 0.05) is 12.2 Å². The van der Waals surface area contributed by atoms with Gasteiger partial charge in [-0.25, -0.2) is 4.98 Å². The number of thioether (sulfide) groups is 1. The summed E-state index contributed by atoms with van der Waals surface area (Å²) in [6, 6.07) is 14.9. The van der Waals surface area contributed by atoms with Gasteiger partial charge in [-0.2, -0.15) is 0 Å². The Balaban J connectivity index is 2.20. The zero-order valence-corrected chi connectivity index (χ0v) is 14.0. The highest BCUT2D eigenvalue weighted by Gasteiger charge is 2.14. The van der Waals surface area contributed by atoms with Gasteiger partial charge in [0.2, 0.25) is 5.91 Å². The second kappa shape index (κ2) is 6.88. The lowest BCUT2D eigenvalue weighted by molar-refractivity contribution is -0.117. The van der Waals surface area contributed by atoms with E-state index in [9.17, 15) is 9.59 Å². The maximum Gasteiger partial charge on any atom is 0.266 e. The van der Waals surface area contributed by atoms with Crippen LogP contribution in [0.1, 0.15) is 12.0 Å². The SMILES string of the molecule is Cc1ccccc1-n1c(SCCC(N)=O)nc2ccccc2c1=O. The number of aromatic nitrogens is 2. The highest BCUT2D eigenvalue weighted by molar-refractivity contribution is 7.99. The number of primary amides is 1. The molecule has 0 spiro atoms. The Morgan fingerprint density at radius 1 is 1.17 bits per heavy atom. The van der Waals surface area contributed by atoms with Gasteiger partial charge in [0.25, 0.3) is 5.56 Å². The van der Waals surface area contributed by atoms with E-state index < -0.39 is 0 Å². The van der Waals surface area contributed by atoms with E-state index in [-0.39, 0.29) is 17.9 Å². The molecule has 0 aliphatic heterocycles. The average molecular weight is 339 g/mol. The van der Waals surface area contributed by atoms with Crippen molar-refractivity contribution < 1.29 is 4.79 Å². The topological polar surface area (TPSA) is 78.0 Å². The minimum atomic E-state index is -0.368. The van der Waals surface area contributed by atoms with Gasteiger partial charge >= 0.3 is 0 Å². The normalized spacial score (nSPS) is 10.9. The molecule has 3 rings (SSSR count). The van der Waals surface area contributed by atoms with Gasteiger partial charge in [0.15, 0.2) is 5.16 Å². The molecule has 0 saturated carbocycles. The number of amides is 1. The molecule has 1 amide bonds. The second-order valence-electron chi connectivity index (χ2n) is 5.40. The first-order chi connectivity index (χ1) is 11.6. The minimum absolute atomic E-state index is 0.114. The molecule has 0 saturated heterocycles. The van der Waals surface area contributed by atoms with Crippen LogP contribution in [0.25, 0.3) is 16.6 Å². The largest absolute Gasteiger partial charge is 0.370 e. The Bertz CT molecular complexity index is 966. The van der Waals surface area contributed by atoms with Crippen molar-refractivity contribution in [1.82, 2.24) is 9.55 Å². The van der Waals surface area contributed by atoms with Gasteiger partial charge in [-0.3, -0.25) is 14.2 Å². The molecule has 1 aromatic heterocycles. The summed E-state index contributed by atoms with van der Waals surface area (Å²) in [4.78, 5) is 28.6. The summed E-state index contributed by atoms with van der Waals surface area (Å²) in [5.74, 6) is 0.111. The van der Waals surface area contributed by atoms with E-state index in [2.05, 4.69) is 4.98 Å². The van der Waals surface area contributed by atoms with E-state index in [0.717, 1.165) is 11.3 Å². The molecular formula is C18H17N3O2S. The number of rotatable bonds is 5. The Morgan fingerprint density at radius 2 is 1.88 bits per heavy atom. The zero-order valence-electron chi connectivity index (χ0n) is 13.2. The predicted molar refractivity (Wildman–Crippen MR) is 96.6 cm³/mol. The number of nitrogens with zero attached hydrogens (tertiary/aromatic N) is 2. The molecule has 6 heteroatoms. The minimum Gasteiger partial charge on any atom is -0.370 e. The van der Waals surface area contributed by atoms with E-state index in [4.69, 9.17) is 5.73 Å². The number of carbonyl (C=O) groups is 1. The van der Waals surface area contributed by atoms with Crippen LogP contribution in [0, 0.1) is 6.92 Å². The molecule has 24 heavy (non-hydrogen) atoms. The quantitative estimate of drug-likeness (QED) is 0.572. The summed E-state index contributed by atoms with van der Waals surface area (Å²) < 4.78 is 1.61. The van der Waals surface area contributed by atoms with E-state index in [1.165, 1.54) is 11.8 Å². The van der Waals surface area contributed by atoms with Crippen molar-refractivity contribution in [2.75, 3.05) is 5.75 Å². The van der Waals surface area contributed by atoms with Gasteiger partial charge in [-0.05, 0) is 30.7 Å². The van der Waals surface area contributed by atoms with Crippen molar-refractivity contribution in [2.45, 2.75) is 18.5 Å². The van der Waals surface area contributed by atoms with Crippen LogP contribution in [0.5, 0.6) is 0 Å². The summed E-state index contributed by atoms with van der Waals surface area (Å²) in [7, 11) is 0. The third-order valence-corrected chi connectivity index (χ3v) is 4.62. The van der Waals surface area contributed by atoms with Crippen molar-refractivity contribution in [3.63, 3.8) is 0 Å². The van der Waals surface area contributed by atoms with Crippen molar-refractivity contribution in [2.24, 2.45) is 5.73 Å². The molecular weight excluding hydrogens is 322 g/mol. The van der Waals surface area contributed by atoms with Crippen molar-refractivity contribution in [1.29, 1.82) is 0 Å². The van der Waals surface area contributed by atoms with Crippen LogP contribution in [0.15, 0.2) is 58.5 Å². The monoisotopic (exact) mass is 339 g/mol. The maximum atomic E-state index is 13.0. The fraction of sp³-hybridized carbons (Fsp3) is 0.167. The van der Waals surface area contributed by atoms with E-state index in [1.54, 1.807) is 10.6 Å². The molecule has 0 bridgehead atoms. The first-order valence-corrected chi connectivity index (χ1v) is 8.55.